The molecule has 0 aliphatic rings. The second kappa shape index (κ2) is 11.1. The van der Waals surface area contributed by atoms with Crippen LogP contribution >= 0.6 is 0 Å². The summed E-state index contributed by atoms with van der Waals surface area (Å²) in [7, 11) is 0. The Hall–Kier alpha value is -0.760. The summed E-state index contributed by atoms with van der Waals surface area (Å²) >= 11 is 0. The molecule has 7 heteroatoms. The zero-order valence-electron chi connectivity index (χ0n) is 11.9. The van der Waals surface area contributed by atoms with Gasteiger partial charge in [-0.3, -0.25) is 0 Å². The van der Waals surface area contributed by atoms with Gasteiger partial charge in [0, 0.05) is 6.04 Å². The molecule has 114 valence electrons. The van der Waals surface area contributed by atoms with Crippen LogP contribution in [0.2, 0.25) is 0 Å². The molecule has 0 bridgehead atoms. The van der Waals surface area contributed by atoms with Crippen molar-refractivity contribution in [3.05, 3.63) is 0 Å². The van der Waals surface area contributed by atoms with Gasteiger partial charge in [-0.15, -0.1) is 4.39 Å². The largest absolute Gasteiger partial charge is 0.397 e. The average molecular weight is 280 g/mol. The van der Waals surface area contributed by atoms with Gasteiger partial charge in [0.25, 0.3) is 0 Å². The van der Waals surface area contributed by atoms with Crippen molar-refractivity contribution in [2.75, 3.05) is 33.0 Å². The molecular weight excluding hydrogens is 255 g/mol. The Morgan fingerprint density at radius 1 is 1.16 bits per heavy atom. The fourth-order valence-corrected chi connectivity index (χ4v) is 1.27. The topological polar surface area (TPSA) is 82.8 Å². The van der Waals surface area contributed by atoms with Crippen molar-refractivity contribution >= 4 is 6.16 Å². The molecule has 0 saturated carbocycles. The normalized spacial score (nSPS) is 15.8. The zero-order chi connectivity index (χ0) is 14.7. The highest BCUT2D eigenvalue weighted by Gasteiger charge is 2.07. The maximum atomic E-state index is 12.0. The van der Waals surface area contributed by atoms with Crippen LogP contribution in [0.4, 0.5) is 9.18 Å². The third-order valence-corrected chi connectivity index (χ3v) is 2.09. The molecule has 19 heavy (non-hydrogen) atoms. The Morgan fingerprint density at radius 2 is 1.84 bits per heavy atom. The molecule has 1 amide bonds. The lowest BCUT2D eigenvalue weighted by Gasteiger charge is -2.16. The summed E-state index contributed by atoms with van der Waals surface area (Å²) in [5.74, 6) is 0. The number of rotatable bonds is 11. The molecule has 0 heterocycles. The van der Waals surface area contributed by atoms with Crippen LogP contribution in [0.5, 0.6) is 0 Å². The van der Waals surface area contributed by atoms with Gasteiger partial charge in [0.15, 0.2) is 0 Å². The van der Waals surface area contributed by atoms with Crippen molar-refractivity contribution < 1.29 is 23.4 Å². The van der Waals surface area contributed by atoms with Crippen LogP contribution in [0.25, 0.3) is 0 Å². The first-order valence-electron chi connectivity index (χ1n) is 6.40. The molecule has 0 aromatic rings. The van der Waals surface area contributed by atoms with Gasteiger partial charge in [-0.05, 0) is 20.8 Å². The number of hydrogen-bond donors (Lipinski definition) is 2. The summed E-state index contributed by atoms with van der Waals surface area (Å²) in [6.45, 7) is 7.47. The summed E-state index contributed by atoms with van der Waals surface area (Å²) in [5, 5.41) is 2.08. The van der Waals surface area contributed by atoms with E-state index in [1.165, 1.54) is 0 Å². The molecule has 0 saturated heterocycles. The van der Waals surface area contributed by atoms with E-state index in [9.17, 15) is 9.18 Å². The minimum Gasteiger partial charge on any atom is -0.377 e. The summed E-state index contributed by atoms with van der Waals surface area (Å²) in [6.07, 6.45) is -1.64. The fraction of sp³-hybridized carbons (Fsp3) is 0.917. The van der Waals surface area contributed by atoms with Crippen molar-refractivity contribution in [3.8, 4) is 0 Å². The van der Waals surface area contributed by atoms with E-state index in [4.69, 9.17) is 19.9 Å². The Balaban J connectivity index is 3.39. The number of amides is 1. The van der Waals surface area contributed by atoms with E-state index in [2.05, 4.69) is 5.32 Å². The summed E-state index contributed by atoms with van der Waals surface area (Å²) in [6, 6.07) is -0.341. The molecule has 0 aromatic carbocycles. The first-order valence-corrected chi connectivity index (χ1v) is 6.40. The van der Waals surface area contributed by atoms with E-state index < -0.39 is 6.16 Å². The van der Waals surface area contributed by atoms with Crippen LogP contribution in [0.3, 0.4) is 0 Å². The van der Waals surface area contributed by atoms with Crippen molar-refractivity contribution in [3.63, 3.8) is 0 Å². The molecule has 3 atom stereocenters. The SMILES string of the molecule is CC(N)COCCOC(C)COCC(C)NC(=O)F. The predicted octanol–water partition coefficient (Wildman–Crippen LogP) is 0.839. The molecule has 0 radical (unpaired) electrons. The third kappa shape index (κ3) is 13.5. The predicted molar refractivity (Wildman–Crippen MR) is 69.8 cm³/mol. The van der Waals surface area contributed by atoms with Gasteiger partial charge in [0.2, 0.25) is 0 Å². The highest BCUT2D eigenvalue weighted by molar-refractivity contribution is 5.65. The number of halogens is 1. The van der Waals surface area contributed by atoms with Crippen molar-refractivity contribution in [1.29, 1.82) is 0 Å². The van der Waals surface area contributed by atoms with E-state index in [0.717, 1.165) is 0 Å². The molecule has 0 aromatic heterocycles. The number of carbonyl (C=O) groups is 1. The van der Waals surface area contributed by atoms with Gasteiger partial charge in [0.1, 0.15) is 0 Å². The van der Waals surface area contributed by atoms with Crippen molar-refractivity contribution in [1.82, 2.24) is 5.32 Å². The fourth-order valence-electron chi connectivity index (χ4n) is 1.27. The van der Waals surface area contributed by atoms with Crippen LogP contribution in [0.15, 0.2) is 0 Å². The summed E-state index contributed by atoms with van der Waals surface area (Å²) in [5.41, 5.74) is 5.52. The Bertz CT molecular complexity index is 242. The van der Waals surface area contributed by atoms with E-state index >= 15 is 0 Å². The zero-order valence-corrected chi connectivity index (χ0v) is 11.9. The molecule has 3 unspecified atom stereocenters. The molecule has 0 aliphatic carbocycles. The minimum absolute atomic E-state index is 0.0213. The Morgan fingerprint density at radius 3 is 2.42 bits per heavy atom. The lowest BCUT2D eigenvalue weighted by Crippen LogP contribution is -2.33. The van der Waals surface area contributed by atoms with Gasteiger partial charge in [-0.2, -0.15) is 0 Å². The van der Waals surface area contributed by atoms with Crippen LogP contribution in [0, 0.1) is 0 Å². The first-order chi connectivity index (χ1) is 8.91. The molecule has 6 nitrogen and oxygen atoms in total. The van der Waals surface area contributed by atoms with Gasteiger partial charge in [-0.1, -0.05) is 0 Å². The number of carbonyl (C=O) groups excluding carboxylic acids is 1. The smallest absolute Gasteiger partial charge is 0.377 e. The van der Waals surface area contributed by atoms with Crippen molar-refractivity contribution in [2.45, 2.75) is 39.0 Å². The average Bonchev–Trinajstić information content (AvgIpc) is 2.27. The van der Waals surface area contributed by atoms with Crippen LogP contribution in [-0.4, -0.2) is 57.4 Å². The minimum atomic E-state index is -1.55. The van der Waals surface area contributed by atoms with E-state index in [1.54, 1.807) is 6.92 Å². The van der Waals surface area contributed by atoms with E-state index in [0.29, 0.717) is 26.4 Å². The second-order valence-corrected chi connectivity index (χ2v) is 4.59. The van der Waals surface area contributed by atoms with Gasteiger partial charge in [-0.25, -0.2) is 4.79 Å². The van der Waals surface area contributed by atoms with Gasteiger partial charge in [0.05, 0.1) is 45.2 Å². The van der Waals surface area contributed by atoms with Gasteiger partial charge < -0.3 is 25.3 Å². The maximum absolute atomic E-state index is 12.0. The molecule has 3 N–H and O–H groups in total. The molecule has 0 aliphatic heterocycles. The molecular formula is C12H25FN2O4. The monoisotopic (exact) mass is 280 g/mol. The maximum Gasteiger partial charge on any atom is 0.397 e. The van der Waals surface area contributed by atoms with Crippen LogP contribution in [-0.2, 0) is 14.2 Å². The third-order valence-electron chi connectivity index (χ3n) is 2.09. The highest BCUT2D eigenvalue weighted by atomic mass is 19.1. The van der Waals surface area contributed by atoms with Crippen LogP contribution < -0.4 is 11.1 Å². The number of nitrogens with one attached hydrogen (secondary N) is 1. The summed E-state index contributed by atoms with van der Waals surface area (Å²) < 4.78 is 28.0. The quantitative estimate of drug-likeness (QED) is 0.333. The molecule has 0 spiro atoms. The second-order valence-electron chi connectivity index (χ2n) is 4.59. The molecule has 0 fully saturated rings. The first kappa shape index (κ1) is 18.2. The number of ether oxygens (including phenoxy) is 3. The lowest BCUT2D eigenvalue weighted by molar-refractivity contribution is -0.0328. The summed E-state index contributed by atoms with van der Waals surface area (Å²) in [4.78, 5) is 10.1. The Labute approximate surface area is 113 Å². The van der Waals surface area contributed by atoms with Crippen molar-refractivity contribution in [2.24, 2.45) is 5.73 Å². The van der Waals surface area contributed by atoms with Crippen LogP contribution in [0.1, 0.15) is 20.8 Å². The van der Waals surface area contributed by atoms with E-state index in [1.807, 2.05) is 13.8 Å². The Kier molecular flexibility index (Phi) is 10.7. The van der Waals surface area contributed by atoms with E-state index in [-0.39, 0.29) is 24.8 Å². The number of nitrogens with two attached hydrogens (primary N) is 1. The molecule has 0 rings (SSSR count). The standard InChI is InChI=1S/C12H25FN2O4/c1-9(14)6-17-4-5-19-11(3)8-18-7-10(2)15-12(13)16/h9-11H,4-8,14H2,1-3H3,(H,15,16). The number of hydrogen-bond acceptors (Lipinski definition) is 5. The highest BCUT2D eigenvalue weighted by Crippen LogP contribution is 1.94. The lowest BCUT2D eigenvalue weighted by atomic mass is 10.3. The van der Waals surface area contributed by atoms with Gasteiger partial charge >= 0.3 is 6.16 Å².